The highest BCUT2D eigenvalue weighted by Crippen LogP contribution is 1.86. The Morgan fingerprint density at radius 3 is 1.18 bits per heavy atom. The van der Waals surface area contributed by atoms with Gasteiger partial charge in [0, 0.05) is 13.0 Å². The molecule has 4 N–H and O–H groups in total. The van der Waals surface area contributed by atoms with Crippen molar-refractivity contribution in [2.24, 2.45) is 0 Å². The van der Waals surface area contributed by atoms with Crippen LogP contribution < -0.4 is 0 Å². The minimum Gasteiger partial charge on any atom is -0.481 e. The number of carbonyl (C=O) groups is 4. The highest BCUT2D eigenvalue weighted by Gasteiger charge is 2.00. The van der Waals surface area contributed by atoms with Crippen molar-refractivity contribution in [1.29, 1.82) is 0 Å². The van der Waals surface area contributed by atoms with Crippen molar-refractivity contribution in [1.82, 2.24) is 0 Å². The summed E-state index contributed by atoms with van der Waals surface area (Å²) in [5.74, 6) is -3.97. The SMILES string of the molecule is C=CC(=O)O.CC(=O)O.O=C(O)CCC(=O)O. The molecule has 0 radical (unpaired) electrons. The summed E-state index contributed by atoms with van der Waals surface area (Å²) >= 11 is 0. The second-order valence-corrected chi connectivity index (χ2v) is 2.35. The van der Waals surface area contributed by atoms with E-state index in [1.54, 1.807) is 0 Å². The second kappa shape index (κ2) is 13.6. The molecule has 17 heavy (non-hydrogen) atoms. The quantitative estimate of drug-likeness (QED) is 0.520. The first kappa shape index (κ1) is 20.1. The predicted octanol–water partition coefficient (Wildman–Crippen LogP) is 0.284. The lowest BCUT2D eigenvalue weighted by Gasteiger charge is -1.85. The van der Waals surface area contributed by atoms with Crippen molar-refractivity contribution in [3.63, 3.8) is 0 Å². The van der Waals surface area contributed by atoms with E-state index in [4.69, 9.17) is 25.2 Å². The summed E-state index contributed by atoms with van der Waals surface area (Å²) in [7, 11) is 0. The highest BCUT2D eigenvalue weighted by molar-refractivity contribution is 5.78. The van der Waals surface area contributed by atoms with E-state index >= 15 is 0 Å². The van der Waals surface area contributed by atoms with Crippen molar-refractivity contribution >= 4 is 23.9 Å². The van der Waals surface area contributed by atoms with Gasteiger partial charge in [-0.1, -0.05) is 6.58 Å². The summed E-state index contributed by atoms with van der Waals surface area (Å²) in [5, 5.41) is 30.8. The van der Waals surface area contributed by atoms with Crippen LogP contribution in [0, 0.1) is 0 Å². The number of rotatable bonds is 4. The third kappa shape index (κ3) is 86.2. The maximum Gasteiger partial charge on any atom is 0.327 e. The Bertz CT molecular complexity index is 263. The van der Waals surface area contributed by atoms with E-state index in [1.807, 2.05) is 0 Å². The summed E-state index contributed by atoms with van der Waals surface area (Å²) in [4.78, 5) is 37.5. The Labute approximate surface area is 96.8 Å². The Balaban J connectivity index is -0.000000188. The fourth-order valence-corrected chi connectivity index (χ4v) is 0.214. The molecule has 0 spiro atoms. The number of aliphatic carboxylic acids is 4. The van der Waals surface area contributed by atoms with Crippen LogP contribution in [0.1, 0.15) is 19.8 Å². The first-order valence-electron chi connectivity index (χ1n) is 4.11. The van der Waals surface area contributed by atoms with Gasteiger partial charge in [-0.15, -0.1) is 0 Å². The molecule has 0 aromatic heterocycles. The first-order chi connectivity index (χ1) is 7.63. The lowest BCUT2D eigenvalue weighted by atomic mass is 10.3. The molecule has 0 amide bonds. The molecule has 8 nitrogen and oxygen atoms in total. The molecule has 0 heterocycles. The van der Waals surface area contributed by atoms with Crippen LogP contribution in [-0.2, 0) is 19.2 Å². The van der Waals surface area contributed by atoms with E-state index < -0.39 is 23.9 Å². The third-order valence-electron chi connectivity index (χ3n) is 0.727. The summed E-state index contributed by atoms with van der Waals surface area (Å²) in [6, 6.07) is 0. The van der Waals surface area contributed by atoms with Gasteiger partial charge in [-0.2, -0.15) is 0 Å². The lowest BCUT2D eigenvalue weighted by Crippen LogP contribution is -2.00. The molecule has 0 rings (SSSR count). The van der Waals surface area contributed by atoms with E-state index in [0.29, 0.717) is 0 Å². The fraction of sp³-hybridized carbons (Fsp3) is 0.333. The largest absolute Gasteiger partial charge is 0.481 e. The maximum absolute atomic E-state index is 9.64. The van der Waals surface area contributed by atoms with Crippen molar-refractivity contribution in [2.45, 2.75) is 19.8 Å². The predicted molar refractivity (Wildman–Crippen MR) is 55.6 cm³/mol. The molecule has 0 aliphatic heterocycles. The van der Waals surface area contributed by atoms with Crippen LogP contribution in [-0.4, -0.2) is 44.3 Å². The van der Waals surface area contributed by atoms with Gasteiger partial charge in [0.1, 0.15) is 0 Å². The first-order valence-corrected chi connectivity index (χ1v) is 4.11. The van der Waals surface area contributed by atoms with Gasteiger partial charge in [-0.05, 0) is 0 Å². The van der Waals surface area contributed by atoms with E-state index in [2.05, 4.69) is 6.58 Å². The third-order valence-corrected chi connectivity index (χ3v) is 0.727. The van der Waals surface area contributed by atoms with E-state index in [-0.39, 0.29) is 12.8 Å². The molecule has 0 aromatic carbocycles. The lowest BCUT2D eigenvalue weighted by molar-refractivity contribution is -0.143. The monoisotopic (exact) mass is 250 g/mol. The van der Waals surface area contributed by atoms with Crippen LogP contribution in [0.4, 0.5) is 0 Å². The van der Waals surface area contributed by atoms with Crippen LogP contribution in [0.5, 0.6) is 0 Å². The van der Waals surface area contributed by atoms with Crippen LogP contribution in [0.3, 0.4) is 0 Å². The zero-order chi connectivity index (χ0) is 14.4. The molecular formula is C9H14O8. The number of hydrogen-bond acceptors (Lipinski definition) is 4. The molecule has 0 bridgehead atoms. The van der Waals surface area contributed by atoms with Gasteiger partial charge in [0.25, 0.3) is 5.97 Å². The van der Waals surface area contributed by atoms with Gasteiger partial charge < -0.3 is 20.4 Å². The van der Waals surface area contributed by atoms with Crippen molar-refractivity contribution in [2.75, 3.05) is 0 Å². The normalized spacial score (nSPS) is 7.35. The minimum absolute atomic E-state index is 0.296. The smallest absolute Gasteiger partial charge is 0.327 e. The van der Waals surface area contributed by atoms with Crippen LogP contribution in [0.15, 0.2) is 12.7 Å². The van der Waals surface area contributed by atoms with Gasteiger partial charge in [-0.3, -0.25) is 14.4 Å². The molecule has 8 heteroatoms. The molecule has 0 aliphatic rings. The molecule has 0 saturated heterocycles. The molecule has 0 fully saturated rings. The second-order valence-electron chi connectivity index (χ2n) is 2.35. The summed E-state index contributed by atoms with van der Waals surface area (Å²) in [6.45, 7) is 4.04. The van der Waals surface area contributed by atoms with Crippen molar-refractivity contribution in [3.8, 4) is 0 Å². The zero-order valence-electron chi connectivity index (χ0n) is 9.12. The number of hydrogen-bond donors (Lipinski definition) is 4. The summed E-state index contributed by atoms with van der Waals surface area (Å²) in [6.07, 6.45) is 0.241. The molecular weight excluding hydrogens is 236 g/mol. The molecule has 0 saturated carbocycles. The van der Waals surface area contributed by atoms with Gasteiger partial charge in [0.2, 0.25) is 0 Å². The maximum atomic E-state index is 9.64. The van der Waals surface area contributed by atoms with Gasteiger partial charge in [0.15, 0.2) is 0 Å². The topological polar surface area (TPSA) is 149 Å². The minimum atomic E-state index is -1.08. The average Bonchev–Trinajstić information content (AvgIpc) is 2.14. The molecule has 0 unspecified atom stereocenters. The highest BCUT2D eigenvalue weighted by atomic mass is 16.4. The standard InChI is InChI=1S/C4H6O4.C3H4O2.C2H4O2/c5-3(6)1-2-4(7)8;1-2-3(4)5;1-2(3)4/h1-2H2,(H,5,6)(H,7,8);2H,1H2,(H,4,5);1H3,(H,3,4). The Morgan fingerprint density at radius 2 is 1.12 bits per heavy atom. The van der Waals surface area contributed by atoms with Gasteiger partial charge in [0.05, 0.1) is 12.8 Å². The van der Waals surface area contributed by atoms with Crippen LogP contribution >= 0.6 is 0 Å². The van der Waals surface area contributed by atoms with Gasteiger partial charge in [-0.25, -0.2) is 4.79 Å². The number of carboxylic acid groups (broad SMARTS) is 4. The van der Waals surface area contributed by atoms with Crippen molar-refractivity contribution in [3.05, 3.63) is 12.7 Å². The Hall–Kier alpha value is -2.38. The zero-order valence-corrected chi connectivity index (χ0v) is 9.12. The summed E-state index contributed by atoms with van der Waals surface area (Å²) < 4.78 is 0. The molecule has 0 aliphatic carbocycles. The average molecular weight is 250 g/mol. The fourth-order valence-electron chi connectivity index (χ4n) is 0.214. The van der Waals surface area contributed by atoms with E-state index in [9.17, 15) is 14.4 Å². The number of carboxylic acids is 4. The molecule has 0 atom stereocenters. The van der Waals surface area contributed by atoms with E-state index in [0.717, 1.165) is 13.0 Å². The van der Waals surface area contributed by atoms with E-state index in [1.165, 1.54) is 0 Å². The molecule has 0 aromatic rings. The summed E-state index contributed by atoms with van der Waals surface area (Å²) in [5.41, 5.74) is 0. The van der Waals surface area contributed by atoms with Crippen molar-refractivity contribution < 1.29 is 39.6 Å². The Kier molecular flexibility index (Phi) is 16.1. The van der Waals surface area contributed by atoms with Crippen LogP contribution in [0.2, 0.25) is 0 Å². The molecule has 98 valence electrons. The van der Waals surface area contributed by atoms with Crippen LogP contribution in [0.25, 0.3) is 0 Å². The Morgan fingerprint density at radius 1 is 0.941 bits per heavy atom. The van der Waals surface area contributed by atoms with Gasteiger partial charge >= 0.3 is 17.9 Å².